The second kappa shape index (κ2) is 10.1. The van der Waals surface area contributed by atoms with Crippen molar-refractivity contribution < 1.29 is 88.6 Å². The van der Waals surface area contributed by atoms with Gasteiger partial charge in [-0.1, -0.05) is 0 Å². The zero-order chi connectivity index (χ0) is 10.5. The molecule has 9 heteroatoms. The minimum absolute atomic E-state index is 0. The minimum Gasteiger partial charge on any atom is -0.790 e. The van der Waals surface area contributed by atoms with E-state index >= 15 is 0 Å². The first kappa shape index (κ1) is 21.2. The summed E-state index contributed by atoms with van der Waals surface area (Å²) in [5.41, 5.74) is 0. The number of aromatic hydroxyl groups is 2. The Bertz CT molecular complexity index is 268. The van der Waals surface area contributed by atoms with Crippen molar-refractivity contribution in [3.8, 4) is 11.5 Å². The van der Waals surface area contributed by atoms with Gasteiger partial charge in [0.1, 0.15) is 11.5 Å². The largest absolute Gasteiger partial charge is 1.00 e. The van der Waals surface area contributed by atoms with Crippen molar-refractivity contribution in [2.24, 2.45) is 0 Å². The third-order valence-corrected chi connectivity index (χ3v) is 0.850. The molecule has 0 aliphatic heterocycles. The summed E-state index contributed by atoms with van der Waals surface area (Å²) < 4.78 is 8.66. The molecule has 0 radical (unpaired) electrons. The van der Waals surface area contributed by atoms with Gasteiger partial charge in [-0.05, 0) is 24.3 Å². The summed E-state index contributed by atoms with van der Waals surface area (Å²) in [5.74, 6) is 0.339. The third kappa shape index (κ3) is 20.9. The molecule has 0 aromatic heterocycles. The van der Waals surface area contributed by atoms with E-state index in [1.807, 2.05) is 0 Å². The zero-order valence-corrected chi connectivity index (χ0v) is 13.2. The van der Waals surface area contributed by atoms with Gasteiger partial charge >= 0.3 is 59.1 Å². The van der Waals surface area contributed by atoms with Crippen LogP contribution in [0.2, 0.25) is 0 Å². The summed E-state index contributed by atoms with van der Waals surface area (Å²) in [4.78, 5) is 24.3. The molecule has 0 unspecified atom stereocenters. The molecule has 0 bridgehead atoms. The molecule has 6 nitrogen and oxygen atoms in total. The Hall–Kier alpha value is 0.930. The van der Waals surface area contributed by atoms with Crippen LogP contribution >= 0.6 is 7.82 Å². The summed E-state index contributed by atoms with van der Waals surface area (Å²) in [6.45, 7) is 0. The summed E-state index contributed by atoms with van der Waals surface area (Å²) in [6.07, 6.45) is 0. The monoisotopic (exact) mass is 252 g/mol. The Labute approximate surface area is 131 Å². The van der Waals surface area contributed by atoms with Crippen LogP contribution in [-0.4, -0.2) is 15.1 Å². The Kier molecular flexibility index (Phi) is 14.3. The van der Waals surface area contributed by atoms with Crippen molar-refractivity contribution in [1.29, 1.82) is 0 Å². The van der Waals surface area contributed by atoms with Crippen LogP contribution < -0.4 is 68.9 Å². The van der Waals surface area contributed by atoms with Crippen LogP contribution in [0, 0.1) is 0 Å². The van der Waals surface area contributed by atoms with Crippen molar-refractivity contribution in [2.45, 2.75) is 0 Å². The van der Waals surface area contributed by atoms with E-state index in [9.17, 15) is 0 Å². The zero-order valence-electron chi connectivity index (χ0n) is 8.32. The first-order valence-electron chi connectivity index (χ1n) is 3.02. The van der Waals surface area contributed by atoms with Gasteiger partial charge in [-0.2, -0.15) is 0 Å². The van der Waals surface area contributed by atoms with Crippen molar-refractivity contribution >= 4 is 7.82 Å². The van der Waals surface area contributed by atoms with E-state index < -0.39 is 7.82 Å². The van der Waals surface area contributed by atoms with Gasteiger partial charge in [0.25, 0.3) is 0 Å². The molecule has 0 heterocycles. The predicted molar refractivity (Wildman–Crippen MR) is 39.6 cm³/mol. The Morgan fingerprint density at radius 2 is 1.07 bits per heavy atom. The molecular weight excluding hydrogens is 245 g/mol. The molecular formula is C6H7Na2O6P. The fourth-order valence-corrected chi connectivity index (χ4v) is 0.453. The van der Waals surface area contributed by atoms with Gasteiger partial charge in [0.15, 0.2) is 0 Å². The number of rotatable bonds is 0. The average molecular weight is 252 g/mol. The molecule has 0 saturated heterocycles. The molecule has 15 heavy (non-hydrogen) atoms. The first-order valence-corrected chi connectivity index (χ1v) is 4.51. The van der Waals surface area contributed by atoms with Gasteiger partial charge in [-0.15, -0.1) is 0 Å². The average Bonchev–Trinajstić information content (AvgIpc) is 1.92. The van der Waals surface area contributed by atoms with E-state index in [-0.39, 0.29) is 70.6 Å². The molecule has 0 aliphatic rings. The van der Waals surface area contributed by atoms with Gasteiger partial charge in [-0.25, -0.2) is 0 Å². The van der Waals surface area contributed by atoms with Crippen LogP contribution in [0.25, 0.3) is 0 Å². The molecule has 0 amide bonds. The Balaban J connectivity index is -0.000000185. The maximum absolute atomic E-state index is 8.66. The van der Waals surface area contributed by atoms with Crippen molar-refractivity contribution in [2.75, 3.05) is 0 Å². The summed E-state index contributed by atoms with van der Waals surface area (Å²) in [5, 5.41) is 17.3. The third-order valence-electron chi connectivity index (χ3n) is 0.850. The summed E-state index contributed by atoms with van der Waals surface area (Å²) >= 11 is 0. The molecule has 0 aliphatic carbocycles. The van der Waals surface area contributed by atoms with Crippen LogP contribution in [0.1, 0.15) is 0 Å². The van der Waals surface area contributed by atoms with Gasteiger partial charge in [-0.3, -0.25) is 0 Å². The number of hydrogen-bond donors (Lipinski definition) is 3. The predicted octanol–water partition coefficient (Wildman–Crippen LogP) is -7.09. The molecule has 0 spiro atoms. The van der Waals surface area contributed by atoms with Crippen molar-refractivity contribution in [3.63, 3.8) is 0 Å². The SMILES string of the molecule is O=P([O-])([O-])O.Oc1ccc(O)cc1.[Na+].[Na+]. The second-order valence-electron chi connectivity index (χ2n) is 1.98. The van der Waals surface area contributed by atoms with Crippen molar-refractivity contribution in [1.82, 2.24) is 0 Å². The number of hydrogen-bond acceptors (Lipinski definition) is 5. The van der Waals surface area contributed by atoms with Gasteiger partial charge in [0, 0.05) is 0 Å². The van der Waals surface area contributed by atoms with E-state index in [2.05, 4.69) is 0 Å². The van der Waals surface area contributed by atoms with E-state index in [0.29, 0.717) is 0 Å². The fraction of sp³-hybridized carbons (Fsp3) is 0. The van der Waals surface area contributed by atoms with Gasteiger partial charge in [0.05, 0.1) is 7.82 Å². The second-order valence-corrected chi connectivity index (χ2v) is 2.92. The quantitative estimate of drug-likeness (QED) is 0.239. The van der Waals surface area contributed by atoms with E-state index in [1.165, 1.54) is 24.3 Å². The van der Waals surface area contributed by atoms with E-state index in [1.54, 1.807) is 0 Å². The molecule has 0 atom stereocenters. The molecule has 1 aromatic carbocycles. The molecule has 1 rings (SSSR count). The smallest absolute Gasteiger partial charge is 0.790 e. The maximum atomic E-state index is 8.66. The number of phenolic OH excluding ortho intramolecular Hbond substituents is 2. The van der Waals surface area contributed by atoms with Crippen LogP contribution in [0.3, 0.4) is 0 Å². The van der Waals surface area contributed by atoms with Crippen molar-refractivity contribution in [3.05, 3.63) is 24.3 Å². The molecule has 74 valence electrons. The van der Waals surface area contributed by atoms with Crippen LogP contribution in [-0.2, 0) is 4.57 Å². The maximum Gasteiger partial charge on any atom is 1.00 e. The van der Waals surface area contributed by atoms with Gasteiger partial charge < -0.3 is 29.5 Å². The normalized spacial score (nSPS) is 8.73. The standard InChI is InChI=1S/C6H6O2.2Na.H3O4P/c7-5-1-2-6(8)4-3-5;;;1-5(2,3)4/h1-4,7-8H;;;(H3,1,2,3,4)/q;2*+1;/p-2. The summed E-state index contributed by atoms with van der Waals surface area (Å²) in [6, 6.07) is 5.70. The molecule has 3 N–H and O–H groups in total. The molecule has 0 fully saturated rings. The number of phenols is 2. The van der Waals surface area contributed by atoms with E-state index in [0.717, 1.165) is 0 Å². The summed E-state index contributed by atoms with van der Waals surface area (Å²) in [7, 11) is -5.14. The Morgan fingerprint density at radius 1 is 0.933 bits per heavy atom. The van der Waals surface area contributed by atoms with Gasteiger partial charge in [0.2, 0.25) is 0 Å². The molecule has 0 saturated carbocycles. The number of benzene rings is 1. The Morgan fingerprint density at radius 3 is 1.20 bits per heavy atom. The minimum atomic E-state index is -5.14. The van der Waals surface area contributed by atoms with E-state index in [4.69, 9.17) is 29.5 Å². The molecule has 1 aromatic rings. The van der Waals surface area contributed by atoms with Crippen LogP contribution in [0.4, 0.5) is 0 Å². The number of phosphoric acid groups is 1. The van der Waals surface area contributed by atoms with Crippen LogP contribution in [0.5, 0.6) is 11.5 Å². The fourth-order valence-electron chi connectivity index (χ4n) is 0.453. The van der Waals surface area contributed by atoms with Crippen LogP contribution in [0.15, 0.2) is 24.3 Å². The topological polar surface area (TPSA) is 124 Å². The first-order chi connectivity index (χ1) is 5.79.